The van der Waals surface area contributed by atoms with Gasteiger partial charge in [0.05, 0.1) is 22.6 Å². The van der Waals surface area contributed by atoms with Gasteiger partial charge in [0.25, 0.3) is 0 Å². The van der Waals surface area contributed by atoms with Crippen LogP contribution in [0.5, 0.6) is 0 Å². The van der Waals surface area contributed by atoms with Crippen LogP contribution >= 0.6 is 0 Å². The third-order valence-electron chi connectivity index (χ3n) is 3.78. The van der Waals surface area contributed by atoms with Crippen LogP contribution in [0, 0.1) is 6.92 Å². The molecule has 1 aliphatic heterocycles. The van der Waals surface area contributed by atoms with E-state index >= 15 is 0 Å². The van der Waals surface area contributed by atoms with Crippen LogP contribution in [0.3, 0.4) is 0 Å². The van der Waals surface area contributed by atoms with Crippen molar-refractivity contribution in [3.8, 4) is 0 Å². The van der Waals surface area contributed by atoms with Gasteiger partial charge >= 0.3 is 7.12 Å². The fourth-order valence-electron chi connectivity index (χ4n) is 1.86. The van der Waals surface area contributed by atoms with Gasteiger partial charge in [0.1, 0.15) is 0 Å². The van der Waals surface area contributed by atoms with Gasteiger partial charge in [-0.25, -0.2) is 0 Å². The minimum absolute atomic E-state index is 0.326. The van der Waals surface area contributed by atoms with Crippen molar-refractivity contribution in [3.63, 3.8) is 0 Å². The fourth-order valence-corrected chi connectivity index (χ4v) is 1.86. The number of nitrogens with zero attached hydrogens (tertiary/aromatic N) is 1. The lowest BCUT2D eigenvalue weighted by Crippen LogP contribution is -2.41. The normalized spacial score (nSPS) is 21.2. The van der Waals surface area contributed by atoms with Gasteiger partial charge in [0.15, 0.2) is 0 Å². The maximum Gasteiger partial charge on any atom is 0.487 e. The van der Waals surface area contributed by atoms with Crippen molar-refractivity contribution in [2.75, 3.05) is 5.73 Å². The second-order valence-corrected chi connectivity index (χ2v) is 5.91. The van der Waals surface area contributed by atoms with Gasteiger partial charge in [-0.1, -0.05) is 5.98 Å². The molecule has 1 aliphatic rings. The van der Waals surface area contributed by atoms with Crippen LogP contribution in [0.25, 0.3) is 6.08 Å². The topological polar surface area (TPSA) is 57.4 Å². The van der Waals surface area contributed by atoms with E-state index < -0.39 is 0 Å². The molecule has 1 fully saturated rings. The van der Waals surface area contributed by atoms with E-state index in [1.807, 2.05) is 58.8 Å². The van der Waals surface area contributed by atoms with Crippen molar-refractivity contribution in [2.24, 2.45) is 0 Å². The summed E-state index contributed by atoms with van der Waals surface area (Å²) < 4.78 is 11.8. The summed E-state index contributed by atoms with van der Waals surface area (Å²) in [6.45, 7) is 10.0. The third kappa shape index (κ3) is 2.82. The largest absolute Gasteiger partial charge is 0.487 e. The van der Waals surface area contributed by atoms with Crippen LogP contribution < -0.4 is 5.73 Å². The number of rotatable bonds is 2. The van der Waals surface area contributed by atoms with Gasteiger partial charge in [0.2, 0.25) is 0 Å². The predicted octanol–water partition coefficient (Wildman–Crippen LogP) is 2.62. The zero-order valence-electron chi connectivity index (χ0n) is 12.2. The maximum absolute atomic E-state index is 5.89. The molecule has 4 nitrogen and oxygen atoms in total. The summed E-state index contributed by atoms with van der Waals surface area (Å²) in [5.41, 5.74) is 7.56. The van der Waals surface area contributed by atoms with E-state index in [-0.39, 0.29) is 18.3 Å². The molecule has 1 aromatic heterocycles. The average molecular weight is 260 g/mol. The zero-order valence-corrected chi connectivity index (χ0v) is 12.2. The maximum atomic E-state index is 5.89. The highest BCUT2D eigenvalue weighted by atomic mass is 16.7. The molecule has 1 saturated heterocycles. The van der Waals surface area contributed by atoms with Crippen LogP contribution in [0.15, 0.2) is 18.1 Å². The zero-order chi connectivity index (χ0) is 14.3. The summed E-state index contributed by atoms with van der Waals surface area (Å²) in [6.07, 6.45) is 1.85. The van der Waals surface area contributed by atoms with E-state index in [2.05, 4.69) is 4.98 Å². The lowest BCUT2D eigenvalue weighted by atomic mass is 9.89. The molecule has 0 atom stereocenters. The van der Waals surface area contributed by atoms with Crippen LogP contribution in [-0.2, 0) is 9.31 Å². The van der Waals surface area contributed by atoms with Gasteiger partial charge in [-0.2, -0.15) is 0 Å². The molecule has 2 rings (SSSR count). The highest BCUT2D eigenvalue weighted by Crippen LogP contribution is 2.37. The summed E-state index contributed by atoms with van der Waals surface area (Å²) in [4.78, 5) is 4.38. The number of hydrogen-bond acceptors (Lipinski definition) is 4. The number of nitrogen functional groups attached to an aromatic ring is 1. The molecule has 0 saturated carbocycles. The first-order valence-corrected chi connectivity index (χ1v) is 6.48. The van der Waals surface area contributed by atoms with Crippen molar-refractivity contribution in [1.29, 1.82) is 0 Å². The van der Waals surface area contributed by atoms with Crippen LogP contribution in [0.4, 0.5) is 5.69 Å². The molecule has 0 radical (unpaired) electrons. The molecule has 19 heavy (non-hydrogen) atoms. The minimum atomic E-state index is -0.369. The van der Waals surface area contributed by atoms with E-state index in [0.29, 0.717) is 5.69 Å². The monoisotopic (exact) mass is 260 g/mol. The van der Waals surface area contributed by atoms with E-state index in [4.69, 9.17) is 15.0 Å². The van der Waals surface area contributed by atoms with Crippen molar-refractivity contribution in [3.05, 3.63) is 29.5 Å². The first-order chi connectivity index (χ1) is 8.71. The Morgan fingerprint density at radius 1 is 1.16 bits per heavy atom. The molecule has 2 heterocycles. The Morgan fingerprint density at radius 2 is 1.74 bits per heavy atom. The Bertz CT molecular complexity index is 496. The van der Waals surface area contributed by atoms with Crippen molar-refractivity contribution in [1.82, 2.24) is 4.98 Å². The van der Waals surface area contributed by atoms with Crippen LogP contribution in [0.1, 0.15) is 39.1 Å². The molecular weight excluding hydrogens is 239 g/mol. The summed E-state index contributed by atoms with van der Waals surface area (Å²) >= 11 is 0. The first kappa shape index (κ1) is 14.1. The second-order valence-electron chi connectivity index (χ2n) is 5.91. The third-order valence-corrected chi connectivity index (χ3v) is 3.78. The molecule has 0 amide bonds. The van der Waals surface area contributed by atoms with Crippen LogP contribution in [0.2, 0.25) is 0 Å². The SMILES string of the molecule is Cc1ccc(N)c(/C=C/B2OC(C)(C)C(C)(C)O2)n1. The smallest absolute Gasteiger partial charge is 0.400 e. The summed E-state index contributed by atoms with van der Waals surface area (Å²) in [6, 6.07) is 3.74. The summed E-state index contributed by atoms with van der Waals surface area (Å²) in [5, 5.41) is 0. The number of aromatic nitrogens is 1. The Kier molecular flexibility index (Phi) is 3.45. The second kappa shape index (κ2) is 4.65. The molecule has 0 spiro atoms. The number of nitrogens with two attached hydrogens (primary N) is 1. The molecule has 5 heteroatoms. The minimum Gasteiger partial charge on any atom is -0.400 e. The first-order valence-electron chi connectivity index (χ1n) is 6.48. The molecule has 1 aromatic rings. The Balaban J connectivity index is 2.15. The Morgan fingerprint density at radius 3 is 2.32 bits per heavy atom. The van der Waals surface area contributed by atoms with Gasteiger partial charge in [0, 0.05) is 5.69 Å². The van der Waals surface area contributed by atoms with Crippen molar-refractivity contribution in [2.45, 2.75) is 45.8 Å². The summed E-state index contributed by atoms with van der Waals surface area (Å²) in [5.74, 6) is 1.86. The van der Waals surface area contributed by atoms with Gasteiger partial charge in [-0.15, -0.1) is 0 Å². The average Bonchev–Trinajstić information content (AvgIpc) is 2.49. The van der Waals surface area contributed by atoms with Crippen molar-refractivity contribution < 1.29 is 9.31 Å². The molecule has 0 bridgehead atoms. The van der Waals surface area contributed by atoms with E-state index in [1.54, 1.807) is 0 Å². The van der Waals surface area contributed by atoms with E-state index in [9.17, 15) is 0 Å². The molecule has 2 N–H and O–H groups in total. The molecule has 102 valence electrons. The number of hydrogen-bond donors (Lipinski definition) is 1. The number of anilines is 1. The van der Waals surface area contributed by atoms with Gasteiger partial charge in [-0.05, 0) is 52.8 Å². The standard InChI is InChI=1S/C14H21BN2O2/c1-10-6-7-11(16)12(17-10)8-9-15-18-13(2,3)14(4,5)19-15/h6-9H,16H2,1-5H3/b9-8+. The highest BCUT2D eigenvalue weighted by Gasteiger charge is 2.50. The van der Waals surface area contributed by atoms with E-state index in [0.717, 1.165) is 11.4 Å². The quantitative estimate of drug-likeness (QED) is 0.830. The van der Waals surface area contributed by atoms with E-state index in [1.165, 1.54) is 0 Å². The number of pyridine rings is 1. The summed E-state index contributed by atoms with van der Waals surface area (Å²) in [7, 11) is -0.369. The van der Waals surface area contributed by atoms with Gasteiger partial charge < -0.3 is 15.0 Å². The lowest BCUT2D eigenvalue weighted by molar-refractivity contribution is 0.00578. The Labute approximate surface area is 115 Å². The molecule has 0 aliphatic carbocycles. The molecule has 0 unspecified atom stereocenters. The van der Waals surface area contributed by atoms with Crippen molar-refractivity contribution >= 4 is 18.9 Å². The lowest BCUT2D eigenvalue weighted by Gasteiger charge is -2.32. The predicted molar refractivity (Wildman–Crippen MR) is 78.5 cm³/mol. The van der Waals surface area contributed by atoms with Gasteiger partial charge in [-0.3, -0.25) is 4.98 Å². The highest BCUT2D eigenvalue weighted by molar-refractivity contribution is 6.52. The Hall–Kier alpha value is -1.33. The number of aryl methyl sites for hydroxylation is 1. The fraction of sp³-hybridized carbons (Fsp3) is 0.500. The molecule has 0 aromatic carbocycles. The van der Waals surface area contributed by atoms with Crippen LogP contribution in [-0.4, -0.2) is 23.3 Å². The molecular formula is C14H21BN2O2.